The van der Waals surface area contributed by atoms with Gasteiger partial charge in [0.15, 0.2) is 0 Å². The minimum Gasteiger partial charge on any atom is -0.403 e. The van der Waals surface area contributed by atoms with Crippen LogP contribution in [0.3, 0.4) is 0 Å². The van der Waals surface area contributed by atoms with Crippen LogP contribution >= 0.6 is 0 Å². The van der Waals surface area contributed by atoms with Crippen LogP contribution in [0.1, 0.15) is 0 Å². The van der Waals surface area contributed by atoms with Gasteiger partial charge in [0.2, 0.25) is 5.91 Å². The predicted molar refractivity (Wildman–Crippen MR) is 160 cm³/mol. The maximum Gasteiger partial charge on any atom is 0.239 e. The Balaban J connectivity index is 1.58. The molecule has 0 saturated carbocycles. The molecule has 1 N–H and O–H groups in total. The average Bonchev–Trinajstić information content (AvgIpc) is 3.16. The van der Waals surface area contributed by atoms with E-state index in [0.717, 1.165) is 21.9 Å². The van der Waals surface area contributed by atoms with E-state index in [1.165, 1.54) is 0 Å². The minimum absolute atomic E-state index is 0.0927. The molecule has 34 heavy (non-hydrogen) atoms. The molecule has 166 valence electrons. The van der Waals surface area contributed by atoms with Crippen LogP contribution in [-0.4, -0.2) is 116 Å². The van der Waals surface area contributed by atoms with Crippen molar-refractivity contribution in [1.82, 2.24) is 19.7 Å². The first-order valence-corrected chi connectivity index (χ1v) is 11.8. The van der Waals surface area contributed by atoms with Gasteiger partial charge in [-0.2, -0.15) is 5.10 Å². The lowest BCUT2D eigenvalue weighted by Gasteiger charge is -2.68. The van der Waals surface area contributed by atoms with Crippen molar-refractivity contribution < 1.29 is 9.53 Å². The maximum atomic E-state index is 13.3. The summed E-state index contributed by atoms with van der Waals surface area (Å²) in [6.07, 6.45) is 5.63. The van der Waals surface area contributed by atoms with Gasteiger partial charge in [-0.3, -0.25) is 9.48 Å². The molecule has 2 aromatic heterocycles. The Bertz CT molecular complexity index is 1240. The Morgan fingerprint density at radius 1 is 0.941 bits per heavy atom. The molecule has 1 fully saturated rings. The molecule has 7 nitrogen and oxygen atoms in total. The normalized spacial score (nSPS) is 20.6. The second kappa shape index (κ2) is 8.16. The lowest BCUT2D eigenvalue weighted by atomic mass is 9.30. The van der Waals surface area contributed by atoms with Crippen LogP contribution in [0.15, 0.2) is 42.9 Å². The van der Waals surface area contributed by atoms with Gasteiger partial charge in [0.1, 0.15) is 68.6 Å². The van der Waals surface area contributed by atoms with E-state index in [-0.39, 0.29) is 23.1 Å². The molecular formula is C19H29B8N5O2. The number of aromatic nitrogens is 3. The van der Waals surface area contributed by atoms with Gasteiger partial charge in [0.05, 0.1) is 12.7 Å². The lowest BCUT2D eigenvalue weighted by Crippen LogP contribution is -2.86. The molecule has 1 amide bonds. The van der Waals surface area contributed by atoms with E-state index in [9.17, 15) is 4.79 Å². The standard InChI is InChI=1S/C19H29B8N5O2/c1-31-8-13(7-29-31)10-2-3-11-6-28-14(5-12(11)4-10)30-15(33)9-32-16(20,21)18(24,25)34-19(26,27)17(32,22)23/h2-8H,9,20-27H2,1H3,(H,28,30,33). The van der Waals surface area contributed by atoms with Crippen molar-refractivity contribution in [2.75, 3.05) is 11.9 Å². The third kappa shape index (κ3) is 4.17. The Labute approximate surface area is 208 Å². The lowest BCUT2D eigenvalue weighted by molar-refractivity contribution is -0.131. The quantitative estimate of drug-likeness (QED) is 0.404. The number of pyridine rings is 1. The number of amides is 1. The number of benzene rings is 1. The van der Waals surface area contributed by atoms with Crippen molar-refractivity contribution in [3.8, 4) is 11.1 Å². The minimum atomic E-state index is -0.434. The number of ether oxygens (including phenoxy) is 1. The molecule has 0 aliphatic carbocycles. The highest BCUT2D eigenvalue weighted by molar-refractivity contribution is 6.59. The molecule has 0 bridgehead atoms. The molecule has 0 atom stereocenters. The van der Waals surface area contributed by atoms with E-state index in [1.807, 2.05) is 31.6 Å². The molecular weight excluding hydrogens is 417 g/mol. The number of hydrogen-bond donors (Lipinski definition) is 1. The second-order valence-electron chi connectivity index (χ2n) is 11.4. The number of fused-ring (bicyclic) bond motifs is 1. The smallest absolute Gasteiger partial charge is 0.239 e. The Morgan fingerprint density at radius 3 is 2.18 bits per heavy atom. The number of nitrogens with one attached hydrogen (secondary N) is 1. The fourth-order valence-corrected chi connectivity index (χ4v) is 4.92. The number of anilines is 1. The van der Waals surface area contributed by atoms with Crippen LogP contribution < -0.4 is 5.32 Å². The van der Waals surface area contributed by atoms with Crippen molar-refractivity contribution in [3.05, 3.63) is 42.9 Å². The third-order valence-electron chi connectivity index (χ3n) is 8.14. The zero-order chi connectivity index (χ0) is 25.1. The summed E-state index contributed by atoms with van der Waals surface area (Å²) in [6.45, 7) is 0.242. The first-order valence-electron chi connectivity index (χ1n) is 11.8. The Hall–Kier alpha value is -2.25. The predicted octanol–water partition coefficient (Wildman–Crippen LogP) is -6.41. The number of carbonyl (C=O) groups is 1. The van der Waals surface area contributed by atoms with E-state index in [4.69, 9.17) is 4.74 Å². The molecule has 1 aliphatic rings. The molecule has 0 unspecified atom stereocenters. The van der Waals surface area contributed by atoms with Gasteiger partial charge in [0, 0.05) is 41.2 Å². The second-order valence-corrected chi connectivity index (χ2v) is 11.4. The van der Waals surface area contributed by atoms with Crippen molar-refractivity contribution in [1.29, 1.82) is 0 Å². The molecule has 0 radical (unpaired) electrons. The monoisotopic (exact) mass is 447 g/mol. The maximum absolute atomic E-state index is 13.3. The van der Waals surface area contributed by atoms with Crippen LogP contribution in [0.4, 0.5) is 5.82 Å². The van der Waals surface area contributed by atoms with Gasteiger partial charge in [-0.15, -0.1) is 0 Å². The van der Waals surface area contributed by atoms with Gasteiger partial charge in [0.25, 0.3) is 0 Å². The van der Waals surface area contributed by atoms with Crippen LogP contribution in [0, 0.1) is 0 Å². The van der Waals surface area contributed by atoms with Crippen LogP contribution in [0.2, 0.25) is 0 Å². The van der Waals surface area contributed by atoms with Crippen molar-refractivity contribution in [2.45, 2.75) is 21.5 Å². The molecule has 0 spiro atoms. The number of carbonyl (C=O) groups excluding carboxylic acids is 1. The highest BCUT2D eigenvalue weighted by Crippen LogP contribution is 2.39. The van der Waals surface area contributed by atoms with Gasteiger partial charge in [-0.1, -0.05) is 12.1 Å². The summed E-state index contributed by atoms with van der Waals surface area (Å²) in [4.78, 5) is 20.0. The van der Waals surface area contributed by atoms with Crippen molar-refractivity contribution in [2.24, 2.45) is 7.05 Å². The van der Waals surface area contributed by atoms with Crippen LogP contribution in [-0.2, 0) is 16.6 Å². The largest absolute Gasteiger partial charge is 0.403 e. The Morgan fingerprint density at radius 2 is 1.59 bits per heavy atom. The SMILES string of the molecule is BC1(B)OC(B)(B)C(B)(B)N(CC(=O)Nc2cc3cc(-c4cnn(C)c4)ccc3cn2)C1(B)B. The fraction of sp³-hybridized carbons (Fsp3) is 0.316. The number of rotatable bonds is 4. The van der Waals surface area contributed by atoms with Gasteiger partial charge >= 0.3 is 0 Å². The number of morpholine rings is 1. The highest BCUT2D eigenvalue weighted by Gasteiger charge is 2.58. The summed E-state index contributed by atoms with van der Waals surface area (Å²) >= 11 is 0. The van der Waals surface area contributed by atoms with Gasteiger partial charge < -0.3 is 15.0 Å². The van der Waals surface area contributed by atoms with E-state index >= 15 is 0 Å². The molecule has 3 aromatic rings. The van der Waals surface area contributed by atoms with Gasteiger partial charge in [-0.05, 0) is 33.8 Å². The van der Waals surface area contributed by atoms with Gasteiger partial charge in [-0.25, -0.2) is 4.98 Å². The van der Waals surface area contributed by atoms with E-state index < -0.39 is 10.8 Å². The summed E-state index contributed by atoms with van der Waals surface area (Å²) in [6, 6.07) is 8.13. The van der Waals surface area contributed by atoms with E-state index in [0.29, 0.717) is 5.82 Å². The van der Waals surface area contributed by atoms with E-state index in [1.54, 1.807) is 10.9 Å². The summed E-state index contributed by atoms with van der Waals surface area (Å²) in [7, 11) is 18.9. The Kier molecular flexibility index (Phi) is 5.97. The molecule has 3 heterocycles. The molecule has 1 saturated heterocycles. The number of aryl methyl sites for hydroxylation is 1. The zero-order valence-electron chi connectivity index (χ0n) is 21.9. The van der Waals surface area contributed by atoms with Crippen molar-refractivity contribution >= 4 is 85.3 Å². The molecule has 1 aromatic carbocycles. The first-order chi connectivity index (χ1) is 15.6. The zero-order valence-corrected chi connectivity index (χ0v) is 21.9. The third-order valence-corrected chi connectivity index (χ3v) is 8.14. The number of nitrogens with zero attached hydrogens (tertiary/aromatic N) is 4. The number of hydrogen-bond acceptors (Lipinski definition) is 5. The highest BCUT2D eigenvalue weighted by atomic mass is 16.5. The summed E-state index contributed by atoms with van der Waals surface area (Å²) in [5, 5.41) is 7.73. The fourth-order valence-electron chi connectivity index (χ4n) is 4.92. The van der Waals surface area contributed by atoms with E-state index in [2.05, 4.69) is 95.2 Å². The van der Waals surface area contributed by atoms with Crippen LogP contribution in [0.5, 0.6) is 0 Å². The average molecular weight is 446 g/mol. The summed E-state index contributed by atoms with van der Waals surface area (Å²) < 4.78 is 8.31. The molecule has 15 heteroatoms. The summed E-state index contributed by atoms with van der Waals surface area (Å²) in [5.74, 6) is 0.452. The topological polar surface area (TPSA) is 72.3 Å². The first kappa shape index (κ1) is 24.9. The van der Waals surface area contributed by atoms with Crippen LogP contribution in [0.25, 0.3) is 21.9 Å². The van der Waals surface area contributed by atoms with Crippen molar-refractivity contribution in [3.63, 3.8) is 0 Å². The summed E-state index contributed by atoms with van der Waals surface area (Å²) in [5.41, 5.74) is 2.12. The molecule has 1 aliphatic heterocycles. The molecule has 4 rings (SSSR count).